The van der Waals surface area contributed by atoms with Gasteiger partial charge in [0, 0.05) is 22.1 Å². The molecule has 0 fully saturated rings. The van der Waals surface area contributed by atoms with E-state index in [1.807, 2.05) is 34.9 Å². The van der Waals surface area contributed by atoms with Gasteiger partial charge >= 0.3 is 0 Å². The Balaban J connectivity index is 2.30. The van der Waals surface area contributed by atoms with Gasteiger partial charge < -0.3 is 0 Å². The van der Waals surface area contributed by atoms with Gasteiger partial charge in [0.25, 0.3) is 0 Å². The van der Waals surface area contributed by atoms with Crippen LogP contribution in [0.1, 0.15) is 5.82 Å². The Morgan fingerprint density at radius 1 is 1.25 bits per heavy atom. The third kappa shape index (κ3) is 2.52. The molecule has 0 N–H and O–H groups in total. The second kappa shape index (κ2) is 5.87. The summed E-state index contributed by atoms with van der Waals surface area (Å²) in [5.41, 5.74) is 2.53. The quantitative estimate of drug-likeness (QED) is 0.465. The van der Waals surface area contributed by atoms with Crippen LogP contribution in [0, 0.1) is 3.57 Å². The fourth-order valence-corrected chi connectivity index (χ4v) is 3.24. The number of hydrogen-bond acceptors (Lipinski definition) is 2. The topological polar surface area (TPSA) is 30.7 Å². The molecule has 0 amide bonds. The number of hydrogen-bond donors (Lipinski definition) is 0. The summed E-state index contributed by atoms with van der Waals surface area (Å²) in [6, 6.07) is 9.74. The van der Waals surface area contributed by atoms with E-state index in [1.54, 1.807) is 6.20 Å². The molecule has 2 aromatic heterocycles. The second-order valence-corrected chi connectivity index (χ2v) is 6.28. The first-order valence-electron chi connectivity index (χ1n) is 6.04. The van der Waals surface area contributed by atoms with Crippen LogP contribution in [0.15, 0.2) is 36.5 Å². The number of benzene rings is 1. The summed E-state index contributed by atoms with van der Waals surface area (Å²) < 4.78 is 3.07. The third-order valence-corrected chi connectivity index (χ3v) is 4.12. The molecule has 2 heterocycles. The van der Waals surface area contributed by atoms with Crippen LogP contribution < -0.4 is 0 Å². The smallest absolute Gasteiger partial charge is 0.164 e. The summed E-state index contributed by atoms with van der Waals surface area (Å²) in [5.74, 6) is 1.38. The molecule has 0 aliphatic carbocycles. The zero-order valence-corrected chi connectivity index (χ0v) is 14.0. The number of halogens is 3. The van der Waals surface area contributed by atoms with Crippen molar-refractivity contribution in [3.63, 3.8) is 0 Å². The zero-order valence-electron chi connectivity index (χ0n) is 10.4. The number of aromatic nitrogens is 3. The highest BCUT2D eigenvalue weighted by atomic mass is 127. The van der Waals surface area contributed by atoms with Gasteiger partial charge in [-0.3, -0.25) is 4.57 Å². The van der Waals surface area contributed by atoms with Gasteiger partial charge in [0.2, 0.25) is 0 Å². The van der Waals surface area contributed by atoms with Crippen LogP contribution in [-0.2, 0) is 6.42 Å². The molecule has 0 saturated heterocycles. The number of rotatable bonds is 3. The van der Waals surface area contributed by atoms with Crippen molar-refractivity contribution in [2.75, 3.05) is 5.88 Å². The van der Waals surface area contributed by atoms with Gasteiger partial charge in [-0.25, -0.2) is 9.97 Å². The van der Waals surface area contributed by atoms with E-state index in [-0.39, 0.29) is 0 Å². The van der Waals surface area contributed by atoms with Gasteiger partial charge in [-0.2, -0.15) is 0 Å². The average molecular weight is 418 g/mol. The van der Waals surface area contributed by atoms with Crippen molar-refractivity contribution in [1.29, 1.82) is 0 Å². The number of aryl methyl sites for hydroxylation is 1. The lowest BCUT2D eigenvalue weighted by atomic mass is 10.3. The molecule has 3 aromatic rings. The van der Waals surface area contributed by atoms with Crippen LogP contribution in [0.4, 0.5) is 0 Å². The number of imidazole rings is 1. The molecule has 20 heavy (non-hydrogen) atoms. The van der Waals surface area contributed by atoms with E-state index in [0.717, 1.165) is 26.2 Å². The van der Waals surface area contributed by atoms with E-state index in [0.29, 0.717) is 17.3 Å². The Bertz CT molecular complexity index is 770. The zero-order chi connectivity index (χ0) is 14.1. The number of pyridine rings is 1. The standard InChI is InChI=1S/C14H10Cl2IN3/c15-6-5-13-19-11-2-1-7-18-14(11)20(13)12-4-3-9(17)8-10(12)16/h1-4,7-8H,5-6H2. The fourth-order valence-electron chi connectivity index (χ4n) is 2.13. The first kappa shape index (κ1) is 14.1. The second-order valence-electron chi connectivity index (χ2n) is 4.24. The van der Waals surface area contributed by atoms with Crippen LogP contribution in [0.2, 0.25) is 5.02 Å². The molecule has 0 saturated carbocycles. The molecular formula is C14H10Cl2IN3. The monoisotopic (exact) mass is 417 g/mol. The van der Waals surface area contributed by atoms with E-state index in [1.165, 1.54) is 0 Å². The van der Waals surface area contributed by atoms with Crippen LogP contribution in [0.25, 0.3) is 16.9 Å². The summed E-state index contributed by atoms with van der Waals surface area (Å²) in [5, 5.41) is 0.678. The Labute approximate surface area is 140 Å². The molecule has 0 spiro atoms. The maximum absolute atomic E-state index is 6.38. The molecule has 3 nitrogen and oxygen atoms in total. The van der Waals surface area contributed by atoms with Crippen LogP contribution in [0.5, 0.6) is 0 Å². The highest BCUT2D eigenvalue weighted by Gasteiger charge is 2.15. The molecule has 102 valence electrons. The number of fused-ring (bicyclic) bond motifs is 1. The van der Waals surface area contributed by atoms with Crippen molar-refractivity contribution in [3.8, 4) is 5.69 Å². The van der Waals surface area contributed by atoms with Crippen LogP contribution in [0.3, 0.4) is 0 Å². The Hall–Kier alpha value is -0.850. The number of alkyl halides is 1. The van der Waals surface area contributed by atoms with Gasteiger partial charge in [0.05, 0.1) is 10.7 Å². The van der Waals surface area contributed by atoms with E-state index in [4.69, 9.17) is 23.2 Å². The molecule has 0 radical (unpaired) electrons. The normalized spacial score (nSPS) is 11.2. The van der Waals surface area contributed by atoms with Gasteiger partial charge in [0.1, 0.15) is 11.3 Å². The van der Waals surface area contributed by atoms with Crippen molar-refractivity contribution < 1.29 is 0 Å². The van der Waals surface area contributed by atoms with E-state index < -0.39 is 0 Å². The minimum Gasteiger partial charge on any atom is -0.279 e. The van der Waals surface area contributed by atoms with Crippen molar-refractivity contribution in [3.05, 3.63) is 50.9 Å². The minimum atomic E-state index is 0.505. The highest BCUT2D eigenvalue weighted by molar-refractivity contribution is 14.1. The first-order chi connectivity index (χ1) is 9.70. The van der Waals surface area contributed by atoms with Crippen molar-refractivity contribution >= 4 is 57.0 Å². The van der Waals surface area contributed by atoms with Gasteiger partial charge in [-0.1, -0.05) is 11.6 Å². The van der Waals surface area contributed by atoms with Gasteiger partial charge in [-0.15, -0.1) is 11.6 Å². The molecule has 6 heteroatoms. The number of nitrogens with zero attached hydrogens (tertiary/aromatic N) is 3. The molecule has 0 bridgehead atoms. The van der Waals surface area contributed by atoms with Crippen molar-refractivity contribution in [1.82, 2.24) is 14.5 Å². The summed E-state index contributed by atoms with van der Waals surface area (Å²) in [4.78, 5) is 9.02. The van der Waals surface area contributed by atoms with Crippen molar-refractivity contribution in [2.45, 2.75) is 6.42 Å². The molecule has 3 rings (SSSR count). The lowest BCUT2D eigenvalue weighted by Gasteiger charge is -2.10. The maximum Gasteiger partial charge on any atom is 0.164 e. The van der Waals surface area contributed by atoms with Crippen molar-refractivity contribution in [2.24, 2.45) is 0 Å². The summed E-state index contributed by atoms with van der Waals surface area (Å²) in [7, 11) is 0. The lowest BCUT2D eigenvalue weighted by molar-refractivity contribution is 0.905. The molecule has 0 aliphatic rings. The molecular weight excluding hydrogens is 408 g/mol. The Morgan fingerprint density at radius 3 is 2.85 bits per heavy atom. The fraction of sp³-hybridized carbons (Fsp3) is 0.143. The predicted octanol–water partition coefficient (Wildman–Crippen LogP) is 4.46. The third-order valence-electron chi connectivity index (χ3n) is 2.95. The summed E-state index contributed by atoms with van der Waals surface area (Å²) >= 11 is 14.5. The SMILES string of the molecule is ClCCc1nc2cccnc2n1-c1ccc(I)cc1Cl. The predicted molar refractivity (Wildman–Crippen MR) is 91.0 cm³/mol. The van der Waals surface area contributed by atoms with Gasteiger partial charge in [-0.05, 0) is 52.9 Å². The van der Waals surface area contributed by atoms with E-state index in [9.17, 15) is 0 Å². The Kier molecular flexibility index (Phi) is 4.14. The summed E-state index contributed by atoms with van der Waals surface area (Å²) in [6.07, 6.45) is 2.42. The average Bonchev–Trinajstić information content (AvgIpc) is 2.78. The first-order valence-corrected chi connectivity index (χ1v) is 8.03. The molecule has 0 atom stereocenters. The van der Waals surface area contributed by atoms with E-state index in [2.05, 4.69) is 32.6 Å². The maximum atomic E-state index is 6.38. The van der Waals surface area contributed by atoms with Crippen LogP contribution >= 0.6 is 45.8 Å². The minimum absolute atomic E-state index is 0.505. The molecule has 1 aromatic carbocycles. The molecule has 0 aliphatic heterocycles. The highest BCUT2D eigenvalue weighted by Crippen LogP contribution is 2.27. The largest absolute Gasteiger partial charge is 0.279 e. The Morgan fingerprint density at radius 2 is 2.10 bits per heavy atom. The van der Waals surface area contributed by atoms with E-state index >= 15 is 0 Å². The summed E-state index contributed by atoms with van der Waals surface area (Å²) in [6.45, 7) is 0. The van der Waals surface area contributed by atoms with Crippen LogP contribution in [-0.4, -0.2) is 20.4 Å². The molecule has 0 unspecified atom stereocenters. The van der Waals surface area contributed by atoms with Gasteiger partial charge in [0.15, 0.2) is 5.65 Å². The lowest BCUT2D eigenvalue weighted by Crippen LogP contribution is -2.03.